The van der Waals surface area contributed by atoms with Crippen molar-refractivity contribution in [2.75, 3.05) is 0 Å². The third-order valence-electron chi connectivity index (χ3n) is 6.50. The standard InChI is InChI=1S/C30H34O2/c1-7-10-21-18-25(14-16-27(21)31)29(3,4)23-12-9-13-24(20-23)30(5,6)26-15-17-28(32)22(19-26)11-8-2/h7-20,31-32H,1-6H3. The van der Waals surface area contributed by atoms with Crippen molar-refractivity contribution in [2.24, 2.45) is 0 Å². The van der Waals surface area contributed by atoms with Crippen molar-refractivity contribution in [1.82, 2.24) is 0 Å². The van der Waals surface area contributed by atoms with E-state index in [0.29, 0.717) is 11.5 Å². The van der Waals surface area contributed by atoms with Crippen molar-refractivity contribution >= 4 is 12.2 Å². The molecule has 0 aliphatic rings. The van der Waals surface area contributed by atoms with Crippen LogP contribution in [0.4, 0.5) is 0 Å². The lowest BCUT2D eigenvalue weighted by Gasteiger charge is -2.31. The van der Waals surface area contributed by atoms with E-state index in [1.807, 2.05) is 50.3 Å². The highest BCUT2D eigenvalue weighted by molar-refractivity contribution is 5.60. The Morgan fingerprint density at radius 2 is 0.938 bits per heavy atom. The normalized spacial score (nSPS) is 12.7. The molecule has 166 valence electrons. The SMILES string of the molecule is CC=Cc1cc(C(C)(C)c2cccc(C(C)(C)c3ccc(O)c(C=CC)c3)c2)ccc1O. The molecule has 0 heterocycles. The van der Waals surface area contributed by atoms with Gasteiger partial charge in [-0.2, -0.15) is 0 Å². The minimum atomic E-state index is -0.235. The number of benzene rings is 3. The van der Waals surface area contributed by atoms with Gasteiger partial charge in [0.25, 0.3) is 0 Å². The zero-order valence-corrected chi connectivity index (χ0v) is 20.0. The van der Waals surface area contributed by atoms with Crippen LogP contribution in [0.2, 0.25) is 0 Å². The molecule has 2 N–H and O–H groups in total. The Hall–Kier alpha value is -3.26. The summed E-state index contributed by atoms with van der Waals surface area (Å²) in [5.74, 6) is 0.587. The predicted octanol–water partition coefficient (Wildman–Crippen LogP) is 7.82. The van der Waals surface area contributed by atoms with Crippen molar-refractivity contribution in [1.29, 1.82) is 0 Å². The first kappa shape index (κ1) is 23.4. The second-order valence-corrected chi connectivity index (χ2v) is 9.38. The van der Waals surface area contributed by atoms with E-state index in [4.69, 9.17) is 0 Å². The van der Waals surface area contributed by atoms with Gasteiger partial charge in [0.2, 0.25) is 0 Å². The number of allylic oxidation sites excluding steroid dienone is 2. The van der Waals surface area contributed by atoms with Gasteiger partial charge >= 0.3 is 0 Å². The summed E-state index contributed by atoms with van der Waals surface area (Å²) < 4.78 is 0. The van der Waals surface area contributed by atoms with Gasteiger partial charge in [0.05, 0.1) is 0 Å². The summed E-state index contributed by atoms with van der Waals surface area (Å²) in [6.07, 6.45) is 7.74. The second kappa shape index (κ2) is 9.08. The molecule has 0 radical (unpaired) electrons. The van der Waals surface area contributed by atoms with Crippen LogP contribution < -0.4 is 0 Å². The maximum Gasteiger partial charge on any atom is 0.122 e. The molecule has 0 unspecified atom stereocenters. The van der Waals surface area contributed by atoms with Crippen LogP contribution in [0.1, 0.15) is 74.9 Å². The third-order valence-corrected chi connectivity index (χ3v) is 6.50. The molecule has 0 aliphatic heterocycles. The van der Waals surface area contributed by atoms with Crippen LogP contribution in [-0.2, 0) is 10.8 Å². The minimum absolute atomic E-state index is 0.235. The lowest BCUT2D eigenvalue weighted by atomic mass is 9.73. The number of rotatable bonds is 6. The van der Waals surface area contributed by atoms with Gasteiger partial charge in [-0.25, -0.2) is 0 Å². The van der Waals surface area contributed by atoms with Gasteiger partial charge in [-0.15, -0.1) is 0 Å². The Morgan fingerprint density at radius 1 is 0.562 bits per heavy atom. The van der Waals surface area contributed by atoms with Gasteiger partial charge in [0, 0.05) is 22.0 Å². The van der Waals surface area contributed by atoms with Gasteiger partial charge in [-0.3, -0.25) is 0 Å². The molecule has 0 aromatic heterocycles. The predicted molar refractivity (Wildman–Crippen MR) is 136 cm³/mol. The maximum absolute atomic E-state index is 10.2. The molecule has 3 rings (SSSR count). The van der Waals surface area contributed by atoms with Crippen molar-refractivity contribution in [3.8, 4) is 11.5 Å². The zero-order valence-electron chi connectivity index (χ0n) is 20.0. The van der Waals surface area contributed by atoms with E-state index in [1.54, 1.807) is 12.1 Å². The summed E-state index contributed by atoms with van der Waals surface area (Å²) in [6.45, 7) is 12.8. The van der Waals surface area contributed by atoms with Crippen molar-refractivity contribution in [3.63, 3.8) is 0 Å². The first-order chi connectivity index (χ1) is 15.1. The molecule has 0 atom stereocenters. The molecule has 0 fully saturated rings. The van der Waals surface area contributed by atoms with Crippen LogP contribution in [0.25, 0.3) is 12.2 Å². The van der Waals surface area contributed by atoms with Crippen LogP contribution in [0.3, 0.4) is 0 Å². The van der Waals surface area contributed by atoms with E-state index in [2.05, 4.69) is 64.1 Å². The van der Waals surface area contributed by atoms with Gasteiger partial charge < -0.3 is 10.2 Å². The fourth-order valence-electron chi connectivity index (χ4n) is 4.14. The Kier molecular flexibility index (Phi) is 6.64. The quantitative estimate of drug-likeness (QED) is 0.422. The van der Waals surface area contributed by atoms with Gasteiger partial charge in [-0.1, -0.05) is 88.4 Å². The van der Waals surface area contributed by atoms with E-state index in [1.165, 1.54) is 11.1 Å². The number of hydrogen-bond acceptors (Lipinski definition) is 2. The molecule has 0 bridgehead atoms. The number of hydrogen-bond donors (Lipinski definition) is 2. The third kappa shape index (κ3) is 4.50. The summed E-state index contributed by atoms with van der Waals surface area (Å²) in [4.78, 5) is 0. The molecule has 2 heteroatoms. The Morgan fingerprint density at radius 3 is 1.31 bits per heavy atom. The van der Waals surface area contributed by atoms with Crippen molar-refractivity contribution < 1.29 is 10.2 Å². The van der Waals surface area contributed by atoms with E-state index in [-0.39, 0.29) is 10.8 Å². The fourth-order valence-corrected chi connectivity index (χ4v) is 4.14. The van der Waals surface area contributed by atoms with E-state index in [9.17, 15) is 10.2 Å². The zero-order chi connectivity index (χ0) is 23.5. The average Bonchev–Trinajstić information content (AvgIpc) is 2.77. The van der Waals surface area contributed by atoms with Crippen LogP contribution in [0.5, 0.6) is 11.5 Å². The summed E-state index contributed by atoms with van der Waals surface area (Å²) in [6, 6.07) is 20.4. The Bertz CT molecular complexity index is 1070. The monoisotopic (exact) mass is 426 g/mol. The highest BCUT2D eigenvalue weighted by Crippen LogP contribution is 2.39. The highest BCUT2D eigenvalue weighted by atomic mass is 16.3. The summed E-state index contributed by atoms with van der Waals surface area (Å²) in [5, 5.41) is 20.4. The lowest BCUT2D eigenvalue weighted by Crippen LogP contribution is -2.23. The maximum atomic E-state index is 10.2. The first-order valence-electron chi connectivity index (χ1n) is 11.1. The Labute approximate surface area is 192 Å². The smallest absolute Gasteiger partial charge is 0.122 e. The number of aromatic hydroxyl groups is 2. The van der Waals surface area contributed by atoms with Gasteiger partial charge in [-0.05, 0) is 60.4 Å². The fraction of sp³-hybridized carbons (Fsp3) is 0.267. The van der Waals surface area contributed by atoms with Crippen molar-refractivity contribution in [3.05, 3.63) is 106 Å². The first-order valence-corrected chi connectivity index (χ1v) is 11.1. The number of phenols is 2. The Balaban J connectivity index is 2.06. The summed E-state index contributed by atoms with van der Waals surface area (Å²) in [5.41, 5.74) is 5.92. The molecule has 0 amide bonds. The molecule has 0 saturated carbocycles. The van der Waals surface area contributed by atoms with Crippen molar-refractivity contribution in [2.45, 2.75) is 52.4 Å². The minimum Gasteiger partial charge on any atom is -0.507 e. The van der Waals surface area contributed by atoms with Crippen LogP contribution >= 0.6 is 0 Å². The second-order valence-electron chi connectivity index (χ2n) is 9.38. The van der Waals surface area contributed by atoms with Crippen LogP contribution in [0.15, 0.2) is 72.8 Å². The van der Waals surface area contributed by atoms with E-state index in [0.717, 1.165) is 22.3 Å². The van der Waals surface area contributed by atoms with Crippen LogP contribution in [0, 0.1) is 0 Å². The lowest BCUT2D eigenvalue weighted by molar-refractivity contribution is 0.472. The highest BCUT2D eigenvalue weighted by Gasteiger charge is 2.28. The molecule has 0 spiro atoms. The topological polar surface area (TPSA) is 40.5 Å². The summed E-state index contributed by atoms with van der Waals surface area (Å²) in [7, 11) is 0. The molecule has 3 aromatic carbocycles. The largest absolute Gasteiger partial charge is 0.507 e. The summed E-state index contributed by atoms with van der Waals surface area (Å²) >= 11 is 0. The van der Waals surface area contributed by atoms with E-state index < -0.39 is 0 Å². The molecule has 32 heavy (non-hydrogen) atoms. The molecule has 3 aromatic rings. The molecule has 0 aliphatic carbocycles. The van der Waals surface area contributed by atoms with Crippen LogP contribution in [-0.4, -0.2) is 10.2 Å². The molecular weight excluding hydrogens is 392 g/mol. The average molecular weight is 427 g/mol. The molecular formula is C30H34O2. The van der Waals surface area contributed by atoms with E-state index >= 15 is 0 Å². The van der Waals surface area contributed by atoms with Gasteiger partial charge in [0.15, 0.2) is 0 Å². The molecule has 0 saturated heterocycles. The molecule has 2 nitrogen and oxygen atoms in total. The van der Waals surface area contributed by atoms with Gasteiger partial charge in [0.1, 0.15) is 11.5 Å². The number of phenolic OH excluding ortho intramolecular Hbond substituents is 2.